The Kier molecular flexibility index (Phi) is 4.60. The van der Waals surface area contributed by atoms with Crippen molar-refractivity contribution in [2.24, 2.45) is 0 Å². The Hall–Kier alpha value is -2.05. The van der Waals surface area contributed by atoms with Gasteiger partial charge in [-0.15, -0.1) is 0 Å². The molecule has 4 nitrogen and oxygen atoms in total. The third-order valence-electron chi connectivity index (χ3n) is 3.42. The largest absolute Gasteiger partial charge is 0.478 e. The highest BCUT2D eigenvalue weighted by molar-refractivity contribution is 5.26. The van der Waals surface area contributed by atoms with Gasteiger partial charge in [0, 0.05) is 25.4 Å². The van der Waals surface area contributed by atoms with E-state index in [-0.39, 0.29) is 11.9 Å². The van der Waals surface area contributed by atoms with Crippen LogP contribution in [0.1, 0.15) is 11.8 Å². The molecule has 3 rings (SSSR count). The van der Waals surface area contributed by atoms with Crippen molar-refractivity contribution in [1.29, 1.82) is 0 Å². The lowest BCUT2D eigenvalue weighted by Gasteiger charge is -2.31. The van der Waals surface area contributed by atoms with E-state index in [1.165, 1.54) is 6.07 Å². The molecule has 2 heterocycles. The molecule has 1 saturated heterocycles. The predicted molar refractivity (Wildman–Crippen MR) is 76.6 cm³/mol. The Labute approximate surface area is 127 Å². The number of nitrogens with one attached hydrogen (secondary N) is 1. The normalized spacial score (nSPS) is 19.6. The van der Waals surface area contributed by atoms with Gasteiger partial charge in [0.25, 0.3) is 0 Å². The fraction of sp³-hybridized carbons (Fsp3) is 0.312. The molecular weight excluding hydrogens is 290 g/mol. The third kappa shape index (κ3) is 3.40. The standard InChI is InChI=1S/C16H16F2N2O2/c17-11-4-5-14(12(18)9-11)22-16(13-3-1-2-6-20-13)15-10-19-7-8-21-15/h1-6,9,15-16,19H,7-8,10H2/t15-,16+/m1/s1. The second kappa shape index (κ2) is 6.81. The summed E-state index contributed by atoms with van der Waals surface area (Å²) in [4.78, 5) is 4.27. The van der Waals surface area contributed by atoms with Crippen LogP contribution in [0.4, 0.5) is 8.78 Å². The summed E-state index contributed by atoms with van der Waals surface area (Å²) >= 11 is 0. The Bertz CT molecular complexity index is 619. The zero-order valence-electron chi connectivity index (χ0n) is 11.8. The lowest BCUT2D eigenvalue weighted by atomic mass is 10.1. The molecule has 0 bridgehead atoms. The van der Waals surface area contributed by atoms with Gasteiger partial charge in [-0.25, -0.2) is 8.78 Å². The molecule has 1 aromatic heterocycles. The quantitative estimate of drug-likeness (QED) is 0.942. The van der Waals surface area contributed by atoms with Gasteiger partial charge in [-0.2, -0.15) is 0 Å². The molecule has 0 saturated carbocycles. The van der Waals surface area contributed by atoms with Crippen LogP contribution in [0.5, 0.6) is 5.75 Å². The molecule has 116 valence electrons. The molecule has 0 unspecified atom stereocenters. The average molecular weight is 306 g/mol. The van der Waals surface area contributed by atoms with Crippen LogP contribution in [0.25, 0.3) is 0 Å². The number of morpholine rings is 1. The van der Waals surface area contributed by atoms with Crippen LogP contribution >= 0.6 is 0 Å². The highest BCUT2D eigenvalue weighted by Crippen LogP contribution is 2.28. The van der Waals surface area contributed by atoms with Crippen LogP contribution in [-0.4, -0.2) is 30.8 Å². The van der Waals surface area contributed by atoms with Crippen LogP contribution in [0.2, 0.25) is 0 Å². The minimum absolute atomic E-state index is 0.0220. The molecule has 0 spiro atoms. The number of rotatable bonds is 4. The summed E-state index contributed by atoms with van der Waals surface area (Å²) in [6, 6.07) is 8.65. The Morgan fingerprint density at radius 2 is 2.18 bits per heavy atom. The number of ether oxygens (including phenoxy) is 2. The van der Waals surface area contributed by atoms with Crippen LogP contribution in [-0.2, 0) is 4.74 Å². The first-order valence-electron chi connectivity index (χ1n) is 7.09. The summed E-state index contributed by atoms with van der Waals surface area (Å²) in [6.07, 6.45) is 0.769. The Balaban J connectivity index is 1.87. The van der Waals surface area contributed by atoms with E-state index in [1.54, 1.807) is 18.3 Å². The maximum absolute atomic E-state index is 13.9. The molecule has 1 aromatic carbocycles. The molecule has 22 heavy (non-hydrogen) atoms. The molecule has 0 amide bonds. The van der Waals surface area contributed by atoms with Crippen LogP contribution < -0.4 is 10.1 Å². The van der Waals surface area contributed by atoms with Crippen molar-refractivity contribution in [3.8, 4) is 5.75 Å². The molecule has 1 aliphatic rings. The van der Waals surface area contributed by atoms with Crippen molar-refractivity contribution in [2.75, 3.05) is 19.7 Å². The monoisotopic (exact) mass is 306 g/mol. The van der Waals surface area contributed by atoms with Gasteiger partial charge in [0.15, 0.2) is 17.7 Å². The van der Waals surface area contributed by atoms with Gasteiger partial charge in [-0.05, 0) is 24.3 Å². The van der Waals surface area contributed by atoms with E-state index >= 15 is 0 Å². The minimum atomic E-state index is -0.746. The zero-order chi connectivity index (χ0) is 15.4. The first-order valence-corrected chi connectivity index (χ1v) is 7.09. The fourth-order valence-corrected chi connectivity index (χ4v) is 2.36. The first kappa shape index (κ1) is 14.9. The predicted octanol–water partition coefficient (Wildman–Crippen LogP) is 2.47. The van der Waals surface area contributed by atoms with E-state index in [2.05, 4.69) is 10.3 Å². The molecule has 1 N–H and O–H groups in total. The molecule has 2 atom stereocenters. The van der Waals surface area contributed by atoms with E-state index in [4.69, 9.17) is 9.47 Å². The Morgan fingerprint density at radius 3 is 2.86 bits per heavy atom. The van der Waals surface area contributed by atoms with Gasteiger partial charge in [0.1, 0.15) is 11.9 Å². The van der Waals surface area contributed by atoms with E-state index in [0.29, 0.717) is 18.8 Å². The topological polar surface area (TPSA) is 43.4 Å². The zero-order valence-corrected chi connectivity index (χ0v) is 11.8. The summed E-state index contributed by atoms with van der Waals surface area (Å²) in [6.45, 7) is 1.88. The summed E-state index contributed by atoms with van der Waals surface area (Å²) in [7, 11) is 0. The van der Waals surface area contributed by atoms with Gasteiger partial charge >= 0.3 is 0 Å². The van der Waals surface area contributed by atoms with Crippen molar-refractivity contribution >= 4 is 0 Å². The van der Waals surface area contributed by atoms with Gasteiger partial charge in [0.2, 0.25) is 0 Å². The number of aromatic nitrogens is 1. The van der Waals surface area contributed by atoms with Gasteiger partial charge in [0.05, 0.1) is 12.3 Å². The summed E-state index contributed by atoms with van der Waals surface area (Å²) < 4.78 is 38.3. The molecule has 1 aliphatic heterocycles. The maximum atomic E-state index is 13.9. The summed E-state index contributed by atoms with van der Waals surface area (Å²) in [5.74, 6) is -1.41. The lowest BCUT2D eigenvalue weighted by Crippen LogP contribution is -2.43. The van der Waals surface area contributed by atoms with Crippen LogP contribution in [0.3, 0.4) is 0 Å². The molecule has 2 aromatic rings. The van der Waals surface area contributed by atoms with Crippen molar-refractivity contribution < 1.29 is 18.3 Å². The van der Waals surface area contributed by atoms with Crippen molar-refractivity contribution in [3.05, 3.63) is 59.9 Å². The molecule has 0 radical (unpaired) electrons. The summed E-state index contributed by atoms with van der Waals surface area (Å²) in [5.41, 5.74) is 0.639. The molecular formula is C16H16F2N2O2. The van der Waals surface area contributed by atoms with Crippen molar-refractivity contribution in [3.63, 3.8) is 0 Å². The number of halogens is 2. The fourth-order valence-electron chi connectivity index (χ4n) is 2.36. The smallest absolute Gasteiger partial charge is 0.168 e. The van der Waals surface area contributed by atoms with Gasteiger partial charge in [-0.3, -0.25) is 4.98 Å². The lowest BCUT2D eigenvalue weighted by molar-refractivity contribution is -0.0457. The van der Waals surface area contributed by atoms with Gasteiger partial charge < -0.3 is 14.8 Å². The van der Waals surface area contributed by atoms with E-state index < -0.39 is 17.7 Å². The SMILES string of the molecule is Fc1ccc(O[C@@H](c2ccccn2)[C@H]2CNCCO2)c(F)c1. The third-order valence-corrected chi connectivity index (χ3v) is 3.42. The molecule has 0 aliphatic carbocycles. The number of hydrogen-bond acceptors (Lipinski definition) is 4. The molecule has 6 heteroatoms. The second-order valence-electron chi connectivity index (χ2n) is 4.98. The number of pyridine rings is 1. The van der Waals surface area contributed by atoms with E-state index in [1.807, 2.05) is 6.07 Å². The van der Waals surface area contributed by atoms with Crippen LogP contribution in [0, 0.1) is 11.6 Å². The minimum Gasteiger partial charge on any atom is -0.478 e. The highest BCUT2D eigenvalue weighted by atomic mass is 19.1. The Morgan fingerprint density at radius 1 is 1.27 bits per heavy atom. The second-order valence-corrected chi connectivity index (χ2v) is 4.98. The number of nitrogens with zero attached hydrogens (tertiary/aromatic N) is 1. The average Bonchev–Trinajstić information content (AvgIpc) is 2.56. The van der Waals surface area contributed by atoms with Crippen LogP contribution in [0.15, 0.2) is 42.6 Å². The first-order chi connectivity index (χ1) is 10.7. The van der Waals surface area contributed by atoms with E-state index in [0.717, 1.165) is 18.7 Å². The number of benzene rings is 1. The van der Waals surface area contributed by atoms with Crippen molar-refractivity contribution in [2.45, 2.75) is 12.2 Å². The van der Waals surface area contributed by atoms with E-state index in [9.17, 15) is 8.78 Å². The molecule has 1 fully saturated rings. The maximum Gasteiger partial charge on any atom is 0.168 e. The highest BCUT2D eigenvalue weighted by Gasteiger charge is 2.29. The summed E-state index contributed by atoms with van der Waals surface area (Å²) in [5, 5.41) is 3.21. The van der Waals surface area contributed by atoms with Crippen molar-refractivity contribution in [1.82, 2.24) is 10.3 Å². The van der Waals surface area contributed by atoms with Gasteiger partial charge in [-0.1, -0.05) is 6.07 Å². The number of hydrogen-bond donors (Lipinski definition) is 1.